The van der Waals surface area contributed by atoms with E-state index in [2.05, 4.69) is 49.4 Å². The smallest absolute Gasteiger partial charge is 0.230 e. The van der Waals surface area contributed by atoms with E-state index in [0.29, 0.717) is 0 Å². The average Bonchev–Trinajstić information content (AvgIpc) is 2.43. The summed E-state index contributed by atoms with van der Waals surface area (Å²) < 4.78 is 1.83. The van der Waals surface area contributed by atoms with Crippen molar-refractivity contribution in [1.29, 1.82) is 0 Å². The van der Waals surface area contributed by atoms with E-state index in [-0.39, 0.29) is 11.3 Å². The van der Waals surface area contributed by atoms with Gasteiger partial charge in [-0.15, -0.1) is 0 Å². The monoisotopic (exact) mass is 402 g/mol. The molecule has 1 fully saturated rings. The molecule has 5 heteroatoms. The third-order valence-corrected chi connectivity index (χ3v) is 5.39. The van der Waals surface area contributed by atoms with Gasteiger partial charge in [-0.25, -0.2) is 0 Å². The van der Waals surface area contributed by atoms with Crippen LogP contribution in [0, 0.1) is 12.3 Å². The van der Waals surface area contributed by atoms with Crippen LogP contribution in [0.4, 0.5) is 5.69 Å². The van der Waals surface area contributed by atoms with Crippen LogP contribution in [0.2, 0.25) is 0 Å². The van der Waals surface area contributed by atoms with Gasteiger partial charge in [-0.3, -0.25) is 4.79 Å². The second kappa shape index (κ2) is 6.58. The Morgan fingerprint density at radius 1 is 1.30 bits per heavy atom. The van der Waals surface area contributed by atoms with Gasteiger partial charge in [-0.1, -0.05) is 6.92 Å². The van der Waals surface area contributed by atoms with Crippen molar-refractivity contribution in [3.8, 4) is 0 Å². The first-order valence-corrected chi connectivity index (χ1v) is 8.55. The number of rotatable bonds is 3. The second-order valence-electron chi connectivity index (χ2n) is 5.44. The summed E-state index contributed by atoms with van der Waals surface area (Å²) >= 11 is 7.07. The highest BCUT2D eigenvalue weighted by Gasteiger charge is 2.38. The van der Waals surface area contributed by atoms with E-state index in [0.717, 1.165) is 52.5 Å². The number of hydrogen-bond donors (Lipinski definition) is 2. The lowest BCUT2D eigenvalue weighted by Crippen LogP contribution is -2.44. The first-order chi connectivity index (χ1) is 9.48. The molecule has 1 aliphatic heterocycles. The number of aryl methyl sites for hydroxylation is 1. The summed E-state index contributed by atoms with van der Waals surface area (Å²) in [5, 5.41) is 6.43. The number of halogens is 2. The summed E-state index contributed by atoms with van der Waals surface area (Å²) in [6, 6.07) is 4.03. The summed E-state index contributed by atoms with van der Waals surface area (Å²) in [5.74, 6) is 0.131. The molecule has 1 aliphatic rings. The van der Waals surface area contributed by atoms with Gasteiger partial charge < -0.3 is 10.6 Å². The molecule has 1 aromatic carbocycles. The topological polar surface area (TPSA) is 41.1 Å². The molecule has 2 rings (SSSR count). The summed E-state index contributed by atoms with van der Waals surface area (Å²) in [7, 11) is 0. The second-order valence-corrected chi connectivity index (χ2v) is 7.15. The van der Waals surface area contributed by atoms with Crippen molar-refractivity contribution in [2.24, 2.45) is 5.41 Å². The fourth-order valence-electron chi connectivity index (χ4n) is 2.71. The lowest BCUT2D eigenvalue weighted by Gasteiger charge is -2.35. The highest BCUT2D eigenvalue weighted by Crippen LogP contribution is 2.37. The van der Waals surface area contributed by atoms with Crippen LogP contribution in [-0.4, -0.2) is 19.0 Å². The van der Waals surface area contributed by atoms with E-state index >= 15 is 0 Å². The number of carbonyl (C=O) groups is 1. The molecule has 110 valence electrons. The van der Waals surface area contributed by atoms with Crippen molar-refractivity contribution in [2.75, 3.05) is 18.4 Å². The Morgan fingerprint density at radius 2 is 1.85 bits per heavy atom. The molecule has 3 nitrogen and oxygen atoms in total. The summed E-state index contributed by atoms with van der Waals surface area (Å²) in [6.07, 6.45) is 2.68. The Bertz CT molecular complexity index is 488. The summed E-state index contributed by atoms with van der Waals surface area (Å²) in [6.45, 7) is 5.96. The van der Waals surface area contributed by atoms with Crippen LogP contribution in [0.1, 0.15) is 31.7 Å². The maximum atomic E-state index is 12.7. The molecule has 2 N–H and O–H groups in total. The Labute approximate surface area is 137 Å². The first-order valence-electron chi connectivity index (χ1n) is 6.96. The van der Waals surface area contributed by atoms with Crippen molar-refractivity contribution < 1.29 is 4.79 Å². The molecule has 0 unspecified atom stereocenters. The predicted octanol–water partition coefficient (Wildman–Crippen LogP) is 4.24. The lowest BCUT2D eigenvalue weighted by molar-refractivity contribution is -0.127. The van der Waals surface area contributed by atoms with Crippen LogP contribution >= 0.6 is 31.9 Å². The van der Waals surface area contributed by atoms with Crippen molar-refractivity contribution in [3.05, 3.63) is 26.6 Å². The van der Waals surface area contributed by atoms with Crippen LogP contribution in [0.15, 0.2) is 21.1 Å². The van der Waals surface area contributed by atoms with Crippen LogP contribution in [0.3, 0.4) is 0 Å². The molecule has 20 heavy (non-hydrogen) atoms. The van der Waals surface area contributed by atoms with Crippen molar-refractivity contribution >= 4 is 43.5 Å². The quantitative estimate of drug-likeness (QED) is 0.792. The average molecular weight is 404 g/mol. The molecule has 1 heterocycles. The Hall–Kier alpha value is -0.390. The minimum atomic E-state index is -0.241. The number of piperidine rings is 1. The van der Waals surface area contributed by atoms with E-state index in [9.17, 15) is 4.79 Å². The van der Waals surface area contributed by atoms with Crippen molar-refractivity contribution in [3.63, 3.8) is 0 Å². The normalized spacial score (nSPS) is 17.8. The third kappa shape index (κ3) is 3.26. The molecule has 1 saturated heterocycles. The molecule has 0 atom stereocenters. The molecule has 0 aromatic heterocycles. The molecule has 0 spiro atoms. The van der Waals surface area contributed by atoms with Gasteiger partial charge in [0, 0.05) is 8.95 Å². The molecule has 1 amide bonds. The molecular weight excluding hydrogens is 384 g/mol. The summed E-state index contributed by atoms with van der Waals surface area (Å²) in [4.78, 5) is 12.7. The van der Waals surface area contributed by atoms with Gasteiger partial charge in [-0.2, -0.15) is 0 Å². The highest BCUT2D eigenvalue weighted by atomic mass is 79.9. The number of carbonyl (C=O) groups excluding carboxylic acids is 1. The zero-order valence-corrected chi connectivity index (χ0v) is 15.0. The largest absolute Gasteiger partial charge is 0.324 e. The van der Waals surface area contributed by atoms with E-state index in [4.69, 9.17) is 0 Å². The number of anilines is 1. The number of amides is 1. The van der Waals surface area contributed by atoms with E-state index in [1.54, 1.807) is 0 Å². The van der Waals surface area contributed by atoms with Gasteiger partial charge in [-0.05, 0) is 88.8 Å². The highest BCUT2D eigenvalue weighted by molar-refractivity contribution is 9.11. The Morgan fingerprint density at radius 3 is 2.35 bits per heavy atom. The molecular formula is C15H20Br2N2O. The van der Waals surface area contributed by atoms with Crippen LogP contribution in [-0.2, 0) is 4.79 Å². The van der Waals surface area contributed by atoms with E-state index in [1.807, 2.05) is 19.1 Å². The van der Waals surface area contributed by atoms with Gasteiger partial charge in [0.25, 0.3) is 0 Å². The van der Waals surface area contributed by atoms with Gasteiger partial charge in [0.05, 0.1) is 11.1 Å². The minimum absolute atomic E-state index is 0.131. The fourth-order valence-corrected chi connectivity index (χ4v) is 4.33. The van der Waals surface area contributed by atoms with Crippen LogP contribution in [0.25, 0.3) is 0 Å². The predicted molar refractivity (Wildman–Crippen MR) is 90.0 cm³/mol. The Balaban J connectivity index is 2.23. The standard InChI is InChI=1S/C15H20Br2N2O/c1-3-15(4-6-18-7-5-15)14(20)19-13-11(16)8-10(2)9-12(13)17/h8-9,18H,3-7H2,1-2H3,(H,19,20). The van der Waals surface area contributed by atoms with Gasteiger partial charge in [0.1, 0.15) is 0 Å². The Kier molecular flexibility index (Phi) is 5.26. The maximum absolute atomic E-state index is 12.7. The number of benzene rings is 1. The lowest BCUT2D eigenvalue weighted by atomic mass is 9.76. The SMILES string of the molecule is CCC1(C(=O)Nc2c(Br)cc(C)cc2Br)CCNCC1. The van der Waals surface area contributed by atoms with Crippen molar-refractivity contribution in [1.82, 2.24) is 5.32 Å². The van der Waals surface area contributed by atoms with Gasteiger partial charge in [0.2, 0.25) is 5.91 Å². The van der Waals surface area contributed by atoms with Crippen LogP contribution < -0.4 is 10.6 Å². The maximum Gasteiger partial charge on any atom is 0.230 e. The first kappa shape index (κ1) is 16.0. The fraction of sp³-hybridized carbons (Fsp3) is 0.533. The molecule has 0 radical (unpaired) electrons. The zero-order chi connectivity index (χ0) is 14.8. The minimum Gasteiger partial charge on any atom is -0.324 e. The van der Waals surface area contributed by atoms with Gasteiger partial charge >= 0.3 is 0 Å². The van der Waals surface area contributed by atoms with E-state index < -0.39 is 0 Å². The third-order valence-electron chi connectivity index (χ3n) is 4.14. The summed E-state index contributed by atoms with van der Waals surface area (Å²) in [5.41, 5.74) is 1.73. The number of hydrogen-bond acceptors (Lipinski definition) is 2. The molecule has 1 aromatic rings. The molecule has 0 bridgehead atoms. The zero-order valence-electron chi connectivity index (χ0n) is 11.9. The van der Waals surface area contributed by atoms with E-state index in [1.165, 1.54) is 0 Å². The van der Waals surface area contributed by atoms with Crippen molar-refractivity contribution in [2.45, 2.75) is 33.1 Å². The number of nitrogens with one attached hydrogen (secondary N) is 2. The molecule has 0 saturated carbocycles. The van der Waals surface area contributed by atoms with Gasteiger partial charge in [0.15, 0.2) is 0 Å². The van der Waals surface area contributed by atoms with Crippen LogP contribution in [0.5, 0.6) is 0 Å². The molecule has 0 aliphatic carbocycles.